The average Bonchev–Trinajstić information content (AvgIpc) is 3.02. The number of likely N-dealkylation sites (N-methyl/N-ethyl adjacent to an activating group) is 1. The average molecular weight is 357 g/mol. The van der Waals surface area contributed by atoms with E-state index in [1.807, 2.05) is 17.9 Å². The van der Waals surface area contributed by atoms with Crippen LogP contribution in [0.15, 0.2) is 41.7 Å². The van der Waals surface area contributed by atoms with E-state index in [1.54, 1.807) is 0 Å². The molecule has 0 saturated heterocycles. The summed E-state index contributed by atoms with van der Waals surface area (Å²) < 4.78 is 1.84. The van der Waals surface area contributed by atoms with Gasteiger partial charge in [-0.3, -0.25) is 9.67 Å². The molecular formula is C20H32N6. The molecule has 0 aliphatic carbocycles. The van der Waals surface area contributed by atoms with Crippen LogP contribution in [0, 0.1) is 6.92 Å². The molecule has 2 aromatic rings. The molecule has 2 rings (SSSR count). The monoisotopic (exact) mass is 356 g/mol. The van der Waals surface area contributed by atoms with Gasteiger partial charge < -0.3 is 15.1 Å². The van der Waals surface area contributed by atoms with Crippen molar-refractivity contribution in [2.24, 2.45) is 12.0 Å². The number of nitrogens with zero attached hydrogens (tertiary/aromatic N) is 5. The third-order valence-electron chi connectivity index (χ3n) is 4.51. The van der Waals surface area contributed by atoms with E-state index >= 15 is 0 Å². The van der Waals surface area contributed by atoms with E-state index in [2.05, 4.69) is 85.7 Å². The summed E-state index contributed by atoms with van der Waals surface area (Å²) in [5, 5.41) is 7.71. The smallest absolute Gasteiger partial charge is 0.194 e. The molecule has 26 heavy (non-hydrogen) atoms. The molecule has 6 nitrogen and oxygen atoms in total. The number of guanidine groups is 1. The van der Waals surface area contributed by atoms with Crippen molar-refractivity contribution in [2.45, 2.75) is 26.4 Å². The summed E-state index contributed by atoms with van der Waals surface area (Å²) in [6, 6.07) is 8.69. The highest BCUT2D eigenvalue weighted by Gasteiger charge is 2.16. The first kappa shape index (κ1) is 20.0. The Morgan fingerprint density at radius 2 is 2.00 bits per heavy atom. The first-order valence-electron chi connectivity index (χ1n) is 9.11. The second kappa shape index (κ2) is 9.38. The van der Waals surface area contributed by atoms with Gasteiger partial charge in [0.2, 0.25) is 0 Å². The van der Waals surface area contributed by atoms with Gasteiger partial charge in [-0.15, -0.1) is 0 Å². The molecule has 0 bridgehead atoms. The number of aliphatic imine (C=N–C) groups is 1. The van der Waals surface area contributed by atoms with E-state index in [0.29, 0.717) is 6.54 Å². The summed E-state index contributed by atoms with van der Waals surface area (Å²) in [5.74, 6) is 0.923. The van der Waals surface area contributed by atoms with Crippen LogP contribution in [0.25, 0.3) is 0 Å². The van der Waals surface area contributed by atoms with Crippen molar-refractivity contribution in [2.75, 3.05) is 34.2 Å². The molecule has 0 amide bonds. The molecule has 0 saturated carbocycles. The number of benzene rings is 1. The predicted octanol–water partition coefficient (Wildman–Crippen LogP) is 2.43. The minimum absolute atomic E-state index is 0.198. The first-order chi connectivity index (χ1) is 12.4. The number of nitrogens with one attached hydrogen (secondary N) is 1. The molecule has 6 heteroatoms. The van der Waals surface area contributed by atoms with Crippen LogP contribution in [-0.4, -0.2) is 59.8 Å². The zero-order valence-corrected chi connectivity index (χ0v) is 16.9. The van der Waals surface area contributed by atoms with Crippen LogP contribution in [-0.2, 0) is 13.6 Å². The Morgan fingerprint density at radius 3 is 2.58 bits per heavy atom. The van der Waals surface area contributed by atoms with Gasteiger partial charge in [-0.1, -0.05) is 24.3 Å². The van der Waals surface area contributed by atoms with Crippen LogP contribution in [0.5, 0.6) is 0 Å². The van der Waals surface area contributed by atoms with Gasteiger partial charge in [0.25, 0.3) is 0 Å². The fourth-order valence-corrected chi connectivity index (χ4v) is 2.94. The van der Waals surface area contributed by atoms with Gasteiger partial charge in [-0.25, -0.2) is 0 Å². The summed E-state index contributed by atoms with van der Waals surface area (Å²) in [6.07, 6.45) is 3.98. The fraction of sp³-hybridized carbons (Fsp3) is 0.500. The quantitative estimate of drug-likeness (QED) is 0.611. The van der Waals surface area contributed by atoms with Crippen LogP contribution in [0.2, 0.25) is 0 Å². The van der Waals surface area contributed by atoms with E-state index in [9.17, 15) is 0 Å². The van der Waals surface area contributed by atoms with Crippen LogP contribution in [0.4, 0.5) is 0 Å². The molecule has 142 valence electrons. The largest absolute Gasteiger partial charge is 0.357 e. The first-order valence-corrected chi connectivity index (χ1v) is 9.11. The number of rotatable bonds is 7. The molecule has 0 spiro atoms. The van der Waals surface area contributed by atoms with Crippen molar-refractivity contribution in [1.29, 1.82) is 0 Å². The zero-order chi connectivity index (χ0) is 19.1. The number of aromatic nitrogens is 2. The maximum atomic E-state index is 4.90. The van der Waals surface area contributed by atoms with Crippen molar-refractivity contribution < 1.29 is 0 Å². The minimum atomic E-state index is 0.198. The van der Waals surface area contributed by atoms with Crippen molar-refractivity contribution in [3.63, 3.8) is 0 Å². The Hall–Kier alpha value is -2.34. The van der Waals surface area contributed by atoms with Gasteiger partial charge in [-0.2, -0.15) is 5.10 Å². The van der Waals surface area contributed by atoms with Crippen molar-refractivity contribution in [1.82, 2.24) is 24.9 Å². The highest BCUT2D eigenvalue weighted by molar-refractivity contribution is 5.79. The Balaban J connectivity index is 2.14. The highest BCUT2D eigenvalue weighted by Crippen LogP contribution is 2.18. The molecule has 1 aromatic heterocycles. The van der Waals surface area contributed by atoms with E-state index in [0.717, 1.165) is 19.0 Å². The van der Waals surface area contributed by atoms with Gasteiger partial charge in [0.1, 0.15) is 0 Å². The number of hydrogen-bond acceptors (Lipinski definition) is 3. The molecule has 0 aliphatic rings. The van der Waals surface area contributed by atoms with Crippen LogP contribution in [0.3, 0.4) is 0 Å². The topological polar surface area (TPSA) is 48.7 Å². The SMILES string of the molecule is CCNC(=NCC(c1cnn(C)c1)N(C)C)N(C)Cc1ccccc1C. The van der Waals surface area contributed by atoms with Gasteiger partial charge in [0.15, 0.2) is 5.96 Å². The Morgan fingerprint density at radius 1 is 1.27 bits per heavy atom. The minimum Gasteiger partial charge on any atom is -0.357 e. The lowest BCUT2D eigenvalue weighted by Gasteiger charge is -2.25. The Labute approximate surface area is 157 Å². The van der Waals surface area contributed by atoms with Crippen molar-refractivity contribution in [3.05, 3.63) is 53.3 Å². The maximum absolute atomic E-state index is 4.90. The molecule has 0 radical (unpaired) electrons. The summed E-state index contributed by atoms with van der Waals surface area (Å²) in [4.78, 5) is 9.27. The number of hydrogen-bond donors (Lipinski definition) is 1. The van der Waals surface area contributed by atoms with E-state index in [1.165, 1.54) is 16.7 Å². The Kier molecular flexibility index (Phi) is 7.21. The van der Waals surface area contributed by atoms with Crippen molar-refractivity contribution in [3.8, 4) is 0 Å². The molecule has 0 fully saturated rings. The van der Waals surface area contributed by atoms with E-state index in [-0.39, 0.29) is 6.04 Å². The van der Waals surface area contributed by atoms with E-state index in [4.69, 9.17) is 4.99 Å². The molecular weight excluding hydrogens is 324 g/mol. The second-order valence-electron chi connectivity index (χ2n) is 6.90. The molecule has 1 aromatic carbocycles. The third kappa shape index (κ3) is 5.33. The lowest BCUT2D eigenvalue weighted by molar-refractivity contribution is 0.305. The summed E-state index contributed by atoms with van der Waals surface area (Å²) in [5.41, 5.74) is 3.80. The Bertz CT molecular complexity index is 719. The zero-order valence-electron chi connectivity index (χ0n) is 16.9. The van der Waals surface area contributed by atoms with Gasteiger partial charge in [0, 0.05) is 38.9 Å². The molecule has 1 heterocycles. The van der Waals surface area contributed by atoms with Crippen LogP contribution >= 0.6 is 0 Å². The van der Waals surface area contributed by atoms with E-state index < -0.39 is 0 Å². The standard InChI is InChI=1S/C20H32N6/c1-7-21-20(25(5)14-17-11-9-8-10-16(17)2)22-13-19(24(3)4)18-12-23-26(6)15-18/h8-12,15,19H,7,13-14H2,1-6H3,(H,21,22). The lowest BCUT2D eigenvalue weighted by Crippen LogP contribution is -2.39. The number of aryl methyl sites for hydroxylation is 2. The highest BCUT2D eigenvalue weighted by atomic mass is 15.3. The third-order valence-corrected chi connectivity index (χ3v) is 4.51. The summed E-state index contributed by atoms with van der Waals surface area (Å²) in [7, 11) is 8.19. The normalized spacial score (nSPS) is 13.1. The van der Waals surface area contributed by atoms with Gasteiger partial charge in [0.05, 0.1) is 18.8 Å². The lowest BCUT2D eigenvalue weighted by atomic mass is 10.1. The maximum Gasteiger partial charge on any atom is 0.194 e. The molecule has 1 N–H and O–H groups in total. The predicted molar refractivity (Wildman–Crippen MR) is 108 cm³/mol. The van der Waals surface area contributed by atoms with Gasteiger partial charge in [-0.05, 0) is 39.1 Å². The second-order valence-corrected chi connectivity index (χ2v) is 6.90. The molecule has 0 aliphatic heterocycles. The van der Waals surface area contributed by atoms with Crippen molar-refractivity contribution >= 4 is 5.96 Å². The molecule has 1 atom stereocenters. The molecule has 1 unspecified atom stereocenters. The van der Waals surface area contributed by atoms with Crippen LogP contribution in [0.1, 0.15) is 29.7 Å². The summed E-state index contributed by atoms with van der Waals surface area (Å²) in [6.45, 7) is 6.60. The fourth-order valence-electron chi connectivity index (χ4n) is 2.94. The van der Waals surface area contributed by atoms with Crippen LogP contribution < -0.4 is 5.32 Å². The summed E-state index contributed by atoms with van der Waals surface area (Å²) >= 11 is 0. The van der Waals surface area contributed by atoms with Gasteiger partial charge >= 0.3 is 0 Å².